The van der Waals surface area contributed by atoms with Crippen molar-refractivity contribution in [2.24, 2.45) is 4.99 Å². The zero-order valence-corrected chi connectivity index (χ0v) is 20.2. The van der Waals surface area contributed by atoms with Crippen molar-refractivity contribution in [2.45, 2.75) is 51.0 Å². The van der Waals surface area contributed by atoms with Gasteiger partial charge in [-0.25, -0.2) is 4.98 Å². The highest BCUT2D eigenvalue weighted by atomic mass is 127. The van der Waals surface area contributed by atoms with E-state index in [1.54, 1.807) is 13.2 Å². The molecule has 27 heavy (non-hydrogen) atoms. The summed E-state index contributed by atoms with van der Waals surface area (Å²) >= 11 is 3.68. The summed E-state index contributed by atoms with van der Waals surface area (Å²) in [5.41, 5.74) is 1.53. The van der Waals surface area contributed by atoms with Gasteiger partial charge in [0.1, 0.15) is 5.76 Å². The van der Waals surface area contributed by atoms with Crippen LogP contribution in [0, 0.1) is 0 Å². The predicted molar refractivity (Wildman–Crippen MR) is 124 cm³/mol. The van der Waals surface area contributed by atoms with Crippen LogP contribution in [0.5, 0.6) is 0 Å². The van der Waals surface area contributed by atoms with Gasteiger partial charge in [0.25, 0.3) is 0 Å². The van der Waals surface area contributed by atoms with E-state index in [2.05, 4.69) is 81.6 Å². The molecule has 1 aliphatic carbocycles. The van der Waals surface area contributed by atoms with Crippen LogP contribution in [-0.2, 0) is 17.4 Å². The molecule has 0 atom stereocenters. The van der Waals surface area contributed by atoms with Crippen molar-refractivity contribution < 1.29 is 4.42 Å². The molecule has 5 nitrogen and oxygen atoms in total. The molecule has 1 saturated carbocycles. The van der Waals surface area contributed by atoms with Gasteiger partial charge in [-0.15, -0.1) is 24.0 Å². The van der Waals surface area contributed by atoms with Crippen LogP contribution in [0.3, 0.4) is 0 Å². The average molecular weight is 547 g/mol. The van der Waals surface area contributed by atoms with E-state index in [4.69, 9.17) is 4.42 Å². The largest absolute Gasteiger partial charge is 0.443 e. The van der Waals surface area contributed by atoms with Gasteiger partial charge in [-0.1, -0.05) is 54.9 Å². The third-order valence-corrected chi connectivity index (χ3v) is 5.51. The standard InChI is InChI=1S/C20H27BrN4O.HI/c1-19(2,3)16-11-23-17(26-16)12-24-18(22-4)25-13-20(9-10-20)14-7-5-6-8-15(14)21;/h5-8,11H,9-10,12-13H2,1-4H3,(H2,22,24,25);1H. The molecule has 2 N–H and O–H groups in total. The Kier molecular flexibility index (Phi) is 7.35. The van der Waals surface area contributed by atoms with Crippen LogP contribution in [0.15, 0.2) is 44.3 Å². The smallest absolute Gasteiger partial charge is 0.213 e. The van der Waals surface area contributed by atoms with Gasteiger partial charge in [0, 0.05) is 28.9 Å². The number of aliphatic imine (C=N–C) groups is 1. The van der Waals surface area contributed by atoms with Crippen molar-refractivity contribution in [3.05, 3.63) is 52.1 Å². The zero-order chi connectivity index (χ0) is 18.8. The SMILES string of the molecule is CN=C(NCc1ncc(C(C)(C)C)o1)NCC1(c2ccccc2Br)CC1.I. The molecular weight excluding hydrogens is 519 g/mol. The summed E-state index contributed by atoms with van der Waals surface area (Å²) < 4.78 is 7.00. The fourth-order valence-electron chi connectivity index (χ4n) is 2.96. The van der Waals surface area contributed by atoms with Crippen LogP contribution in [-0.4, -0.2) is 24.5 Å². The normalized spacial score (nSPS) is 15.8. The number of oxazole rings is 1. The maximum Gasteiger partial charge on any atom is 0.213 e. The first-order valence-electron chi connectivity index (χ1n) is 8.99. The summed E-state index contributed by atoms with van der Waals surface area (Å²) in [6.07, 6.45) is 4.18. The van der Waals surface area contributed by atoms with E-state index < -0.39 is 0 Å². The minimum atomic E-state index is -0.0351. The minimum absolute atomic E-state index is 0. The number of hydrogen-bond acceptors (Lipinski definition) is 3. The Morgan fingerprint density at radius 2 is 1.96 bits per heavy atom. The highest BCUT2D eigenvalue weighted by Gasteiger charge is 2.45. The highest BCUT2D eigenvalue weighted by Crippen LogP contribution is 2.49. The average Bonchev–Trinajstić information content (AvgIpc) is 3.22. The van der Waals surface area contributed by atoms with E-state index in [0.717, 1.165) is 18.3 Å². The van der Waals surface area contributed by atoms with Crippen LogP contribution in [0.1, 0.15) is 50.8 Å². The molecule has 2 aromatic rings. The summed E-state index contributed by atoms with van der Waals surface area (Å²) in [5, 5.41) is 6.74. The van der Waals surface area contributed by atoms with Gasteiger partial charge >= 0.3 is 0 Å². The molecule has 0 bridgehead atoms. The number of aromatic nitrogens is 1. The van der Waals surface area contributed by atoms with Gasteiger partial charge in [-0.2, -0.15) is 0 Å². The van der Waals surface area contributed by atoms with Crippen LogP contribution in [0.25, 0.3) is 0 Å². The van der Waals surface area contributed by atoms with Gasteiger partial charge in [-0.3, -0.25) is 4.99 Å². The number of benzene rings is 1. The molecule has 0 unspecified atom stereocenters. The van der Waals surface area contributed by atoms with E-state index in [-0.39, 0.29) is 34.8 Å². The minimum Gasteiger partial charge on any atom is -0.443 e. The summed E-state index contributed by atoms with van der Waals surface area (Å²) in [5.74, 6) is 2.33. The lowest BCUT2D eigenvalue weighted by Crippen LogP contribution is -2.41. The summed E-state index contributed by atoms with van der Waals surface area (Å²) in [6.45, 7) is 7.71. The first-order chi connectivity index (χ1) is 12.3. The lowest BCUT2D eigenvalue weighted by atomic mass is 9.94. The first-order valence-corrected chi connectivity index (χ1v) is 9.78. The van der Waals surface area contributed by atoms with Gasteiger partial charge in [0.15, 0.2) is 5.96 Å². The number of nitrogens with zero attached hydrogens (tertiary/aromatic N) is 2. The highest BCUT2D eigenvalue weighted by molar-refractivity contribution is 14.0. The van der Waals surface area contributed by atoms with Crippen molar-refractivity contribution in [1.82, 2.24) is 15.6 Å². The molecule has 1 fully saturated rings. The topological polar surface area (TPSA) is 62.5 Å². The van der Waals surface area contributed by atoms with E-state index in [1.165, 1.54) is 22.9 Å². The van der Waals surface area contributed by atoms with Crippen LogP contribution in [0.2, 0.25) is 0 Å². The summed E-state index contributed by atoms with van der Waals surface area (Å²) in [7, 11) is 1.78. The lowest BCUT2D eigenvalue weighted by molar-refractivity contribution is 0.379. The van der Waals surface area contributed by atoms with Crippen LogP contribution < -0.4 is 10.6 Å². The van der Waals surface area contributed by atoms with Gasteiger partial charge in [0.2, 0.25) is 5.89 Å². The molecule has 1 aromatic heterocycles. The first kappa shape index (κ1) is 22.2. The van der Waals surface area contributed by atoms with Crippen molar-refractivity contribution in [1.29, 1.82) is 0 Å². The third kappa shape index (κ3) is 5.47. The number of nitrogens with one attached hydrogen (secondary N) is 2. The maximum atomic E-state index is 5.82. The molecule has 3 rings (SSSR count). The summed E-state index contributed by atoms with van der Waals surface area (Å²) in [6, 6.07) is 8.47. The van der Waals surface area contributed by atoms with Gasteiger partial charge in [-0.05, 0) is 24.5 Å². The molecule has 0 aliphatic heterocycles. The maximum absolute atomic E-state index is 5.82. The molecule has 0 spiro atoms. The molecular formula is C20H28BrIN4O. The molecule has 1 heterocycles. The quantitative estimate of drug-likeness (QED) is 0.323. The summed E-state index contributed by atoms with van der Waals surface area (Å²) in [4.78, 5) is 8.67. The number of rotatable bonds is 5. The predicted octanol–water partition coefficient (Wildman–Crippen LogP) is 4.75. The number of guanidine groups is 1. The molecule has 0 saturated heterocycles. The number of halogens is 2. The zero-order valence-electron chi connectivity index (χ0n) is 16.3. The molecule has 7 heteroatoms. The van der Waals surface area contributed by atoms with Crippen LogP contribution >= 0.6 is 39.9 Å². The van der Waals surface area contributed by atoms with Crippen molar-refractivity contribution in [2.75, 3.05) is 13.6 Å². The Hall–Kier alpha value is -1.09. The third-order valence-electron chi connectivity index (χ3n) is 4.82. The monoisotopic (exact) mass is 546 g/mol. The fraction of sp³-hybridized carbons (Fsp3) is 0.500. The fourth-order valence-corrected chi connectivity index (χ4v) is 3.66. The van der Waals surface area contributed by atoms with E-state index in [0.29, 0.717) is 12.4 Å². The van der Waals surface area contributed by atoms with E-state index in [1.807, 2.05) is 0 Å². The Morgan fingerprint density at radius 3 is 2.52 bits per heavy atom. The molecule has 148 valence electrons. The Balaban J connectivity index is 0.00000261. The van der Waals surface area contributed by atoms with E-state index >= 15 is 0 Å². The second kappa shape index (κ2) is 8.94. The van der Waals surface area contributed by atoms with Crippen molar-refractivity contribution in [3.8, 4) is 0 Å². The molecule has 0 amide bonds. The Labute approximate surface area is 187 Å². The number of hydrogen-bond donors (Lipinski definition) is 2. The van der Waals surface area contributed by atoms with E-state index in [9.17, 15) is 0 Å². The lowest BCUT2D eigenvalue weighted by Gasteiger charge is -2.20. The van der Waals surface area contributed by atoms with Gasteiger partial charge in [0.05, 0.1) is 12.7 Å². The van der Waals surface area contributed by atoms with Crippen molar-refractivity contribution in [3.63, 3.8) is 0 Å². The second-order valence-electron chi connectivity index (χ2n) is 7.91. The molecule has 1 aliphatic rings. The van der Waals surface area contributed by atoms with Crippen molar-refractivity contribution >= 4 is 45.9 Å². The molecule has 0 radical (unpaired) electrons. The Bertz CT molecular complexity index is 793. The van der Waals surface area contributed by atoms with Crippen LogP contribution in [0.4, 0.5) is 0 Å². The second-order valence-corrected chi connectivity index (χ2v) is 8.76. The molecule has 1 aromatic carbocycles. The Morgan fingerprint density at radius 1 is 1.26 bits per heavy atom. The van der Waals surface area contributed by atoms with Gasteiger partial charge < -0.3 is 15.1 Å².